The number of carbonyl (C=O) groups is 1. The molecule has 2 bridgehead atoms. The summed E-state index contributed by atoms with van der Waals surface area (Å²) in [6.07, 6.45) is 12.9. The number of halogens is 1. The number of nitro benzene ring substituents is 1. The molecule has 1 saturated carbocycles. The van der Waals surface area contributed by atoms with E-state index in [-0.39, 0.29) is 28.4 Å². The summed E-state index contributed by atoms with van der Waals surface area (Å²) in [5, 5.41) is 13.6. The largest absolute Gasteiger partial charge is 0.486 e. The molecule has 62 heavy (non-hydrogen) atoms. The molecular weight excluding hydrogens is 828 g/mol. The van der Waals surface area contributed by atoms with Crippen LogP contribution in [0.15, 0.2) is 108 Å². The molecule has 1 aliphatic heterocycles. The third-order valence-corrected chi connectivity index (χ3v) is 14.5. The number of carbonyl (C=O) groups excluding carboxylic acids is 1. The number of nitrogens with one attached hydrogen (secondary N) is 2. The van der Waals surface area contributed by atoms with Gasteiger partial charge in [-0.25, -0.2) is 18.1 Å². The van der Waals surface area contributed by atoms with Crippen LogP contribution in [0.4, 0.5) is 11.4 Å². The zero-order chi connectivity index (χ0) is 43.2. The van der Waals surface area contributed by atoms with E-state index < -0.39 is 31.4 Å². The molecule has 3 aliphatic carbocycles. The molecule has 322 valence electrons. The highest BCUT2D eigenvalue weighted by molar-refractivity contribution is 7.90. The number of piperazine rings is 1. The molecule has 0 radical (unpaired) electrons. The summed E-state index contributed by atoms with van der Waals surface area (Å²) in [6.45, 7) is 8.93. The topological polar surface area (TPSA) is 160 Å². The first kappa shape index (κ1) is 41.6. The molecule has 3 aromatic carbocycles. The quantitative estimate of drug-likeness (QED) is 0.0663. The van der Waals surface area contributed by atoms with E-state index in [0.717, 1.165) is 87.0 Å². The standard InChI is InChI=1S/C47H49ClN6O7S/c1-47(2)15-13-34(41(26-47)31-5-7-36(48)8-6-31)28-52-17-19-53(20-18-52)37-9-11-40(44(24-37)61-38-23-33-14-16-49-45(33)50-27-38)46(55)51-62(58,59)39-10-12-43(42(25-39)54(56)57)60-29-35-22-30-3-4-32(35)21-30/h3-12,14,16,23-25,27,30,32,35H,13,15,17-22,26,28-29H2,1-2H3,(H,49,50)(H,51,55)/t30-,32-,35?/m1/s1. The maximum absolute atomic E-state index is 13.9. The Balaban J connectivity index is 0.926. The summed E-state index contributed by atoms with van der Waals surface area (Å²) < 4.78 is 41.7. The number of allylic oxidation sites excluding steroid dienone is 3. The number of aromatic amines is 1. The lowest BCUT2D eigenvalue weighted by atomic mass is 9.72. The van der Waals surface area contributed by atoms with Crippen LogP contribution < -0.4 is 19.1 Å². The van der Waals surface area contributed by atoms with Gasteiger partial charge in [-0.1, -0.05) is 55.3 Å². The van der Waals surface area contributed by atoms with Crippen LogP contribution in [0.5, 0.6) is 17.2 Å². The van der Waals surface area contributed by atoms with Crippen molar-refractivity contribution < 1.29 is 27.6 Å². The molecule has 1 saturated heterocycles. The number of aromatic nitrogens is 2. The van der Waals surface area contributed by atoms with E-state index in [0.29, 0.717) is 29.8 Å². The van der Waals surface area contributed by atoms with Crippen molar-refractivity contribution in [3.05, 3.63) is 129 Å². The Morgan fingerprint density at radius 1 is 1.00 bits per heavy atom. The second-order valence-corrected chi connectivity index (χ2v) is 19.9. The Morgan fingerprint density at radius 3 is 2.55 bits per heavy atom. The number of pyridine rings is 1. The monoisotopic (exact) mass is 876 g/mol. The molecule has 3 atom stereocenters. The van der Waals surface area contributed by atoms with Crippen LogP contribution in [0, 0.1) is 33.3 Å². The number of benzene rings is 3. The van der Waals surface area contributed by atoms with Crippen molar-refractivity contribution in [1.82, 2.24) is 19.6 Å². The third kappa shape index (κ3) is 8.95. The number of anilines is 1. The first-order chi connectivity index (χ1) is 29.8. The molecule has 0 spiro atoms. The summed E-state index contributed by atoms with van der Waals surface area (Å²) in [5.74, 6) is 0.631. The normalized spacial score (nSPS) is 21.1. The van der Waals surface area contributed by atoms with Gasteiger partial charge in [-0.3, -0.25) is 19.8 Å². The lowest BCUT2D eigenvalue weighted by Crippen LogP contribution is -2.47. The third-order valence-electron chi connectivity index (χ3n) is 12.9. The van der Waals surface area contributed by atoms with Crippen molar-refractivity contribution in [2.24, 2.45) is 23.2 Å². The number of nitrogens with zero attached hydrogens (tertiary/aromatic N) is 4. The minimum Gasteiger partial charge on any atom is -0.486 e. The summed E-state index contributed by atoms with van der Waals surface area (Å²) >= 11 is 6.24. The Kier molecular flexibility index (Phi) is 11.3. The Labute approximate surface area is 366 Å². The highest BCUT2D eigenvalue weighted by Crippen LogP contribution is 2.45. The Morgan fingerprint density at radius 2 is 1.81 bits per heavy atom. The van der Waals surface area contributed by atoms with E-state index in [1.54, 1.807) is 30.5 Å². The van der Waals surface area contributed by atoms with E-state index in [2.05, 4.69) is 62.6 Å². The first-order valence-electron chi connectivity index (χ1n) is 21.1. The van der Waals surface area contributed by atoms with E-state index in [4.69, 9.17) is 21.1 Å². The maximum atomic E-state index is 13.9. The average Bonchev–Trinajstić information content (AvgIpc) is 4.02. The average molecular weight is 877 g/mol. The van der Waals surface area contributed by atoms with Crippen LogP contribution in [0.3, 0.4) is 0 Å². The van der Waals surface area contributed by atoms with Crippen LogP contribution in [-0.4, -0.2) is 73.4 Å². The second kappa shape index (κ2) is 16.9. The minimum atomic E-state index is -4.57. The van der Waals surface area contributed by atoms with Gasteiger partial charge >= 0.3 is 5.69 Å². The summed E-state index contributed by atoms with van der Waals surface area (Å²) in [7, 11) is -4.57. The highest BCUT2D eigenvalue weighted by Gasteiger charge is 2.37. The molecule has 5 aromatic rings. The predicted molar refractivity (Wildman–Crippen MR) is 239 cm³/mol. The van der Waals surface area contributed by atoms with Crippen LogP contribution in [0.25, 0.3) is 16.6 Å². The Hall–Kier alpha value is -5.70. The van der Waals surface area contributed by atoms with Gasteiger partial charge in [0.15, 0.2) is 5.75 Å². The van der Waals surface area contributed by atoms with E-state index >= 15 is 0 Å². The first-order valence-corrected chi connectivity index (χ1v) is 23.0. The fourth-order valence-electron chi connectivity index (χ4n) is 9.43. The zero-order valence-electron chi connectivity index (χ0n) is 34.7. The van der Waals surface area contributed by atoms with Gasteiger partial charge in [-0.05, 0) is 115 Å². The molecule has 4 aliphatic rings. The molecule has 15 heteroatoms. The van der Waals surface area contributed by atoms with Gasteiger partial charge < -0.3 is 19.4 Å². The summed E-state index contributed by atoms with van der Waals surface area (Å²) in [6, 6.07) is 20.3. The highest BCUT2D eigenvalue weighted by atomic mass is 35.5. The SMILES string of the molecule is CC1(C)CCC(CN2CCN(c3ccc(C(=O)NS(=O)(=O)c4ccc(OCC5C[C@@H]6C=C[C@@H]5C6)c([N+](=O)[O-])c4)c(Oc4cnc5[nH]ccc5c4)c3)CC2)=C(c2ccc(Cl)cc2)C1. The number of hydrogen-bond donors (Lipinski definition) is 2. The lowest BCUT2D eigenvalue weighted by molar-refractivity contribution is -0.386. The lowest BCUT2D eigenvalue weighted by Gasteiger charge is -2.39. The molecule has 2 aromatic heterocycles. The summed E-state index contributed by atoms with van der Waals surface area (Å²) in [5.41, 5.74) is 5.26. The number of ether oxygens (including phenoxy) is 2. The number of H-pyrrole nitrogens is 1. The van der Waals surface area contributed by atoms with Crippen molar-refractivity contribution in [2.75, 3.05) is 44.2 Å². The fourth-order valence-corrected chi connectivity index (χ4v) is 10.5. The molecule has 1 unspecified atom stereocenters. The smallest absolute Gasteiger partial charge is 0.312 e. The summed E-state index contributed by atoms with van der Waals surface area (Å²) in [4.78, 5) is 37.1. The predicted octanol–water partition coefficient (Wildman–Crippen LogP) is 9.41. The number of sulfonamides is 1. The number of amides is 1. The van der Waals surface area contributed by atoms with Crippen molar-refractivity contribution in [3.8, 4) is 17.2 Å². The van der Waals surface area contributed by atoms with Crippen LogP contribution in [0.2, 0.25) is 5.02 Å². The van der Waals surface area contributed by atoms with Gasteiger partial charge in [0, 0.05) is 67.1 Å². The second-order valence-electron chi connectivity index (χ2n) is 17.7. The van der Waals surface area contributed by atoms with Crippen molar-refractivity contribution in [3.63, 3.8) is 0 Å². The molecular formula is C47H49ClN6O7S. The van der Waals surface area contributed by atoms with Gasteiger partial charge in [0.1, 0.15) is 17.1 Å². The number of hydrogen-bond acceptors (Lipinski definition) is 10. The van der Waals surface area contributed by atoms with Crippen molar-refractivity contribution in [1.29, 1.82) is 0 Å². The van der Waals surface area contributed by atoms with Crippen molar-refractivity contribution >= 4 is 55.5 Å². The van der Waals surface area contributed by atoms with Crippen LogP contribution in [0.1, 0.15) is 61.9 Å². The minimum absolute atomic E-state index is 0.0232. The number of rotatable bonds is 13. The zero-order valence-corrected chi connectivity index (χ0v) is 36.3. The molecule has 1 amide bonds. The molecule has 13 nitrogen and oxygen atoms in total. The van der Waals surface area contributed by atoms with Crippen LogP contribution in [-0.2, 0) is 10.0 Å². The van der Waals surface area contributed by atoms with Crippen molar-refractivity contribution in [2.45, 2.75) is 50.8 Å². The van der Waals surface area contributed by atoms with Crippen LogP contribution >= 0.6 is 11.6 Å². The fraction of sp³-hybridized carbons (Fsp3) is 0.362. The molecule has 3 heterocycles. The number of nitro groups is 1. The van der Waals surface area contributed by atoms with Gasteiger partial charge in [0.05, 0.1) is 28.2 Å². The Bertz CT molecular complexity index is 2710. The maximum Gasteiger partial charge on any atom is 0.312 e. The molecule has 2 fully saturated rings. The van der Waals surface area contributed by atoms with Gasteiger partial charge in [-0.2, -0.15) is 0 Å². The van der Waals surface area contributed by atoms with E-state index in [9.17, 15) is 23.3 Å². The van der Waals surface area contributed by atoms with Gasteiger partial charge in [-0.15, -0.1) is 0 Å². The van der Waals surface area contributed by atoms with Gasteiger partial charge in [0.25, 0.3) is 15.9 Å². The molecule has 2 N–H and O–H groups in total. The number of fused-ring (bicyclic) bond motifs is 3. The van der Waals surface area contributed by atoms with Gasteiger partial charge in [0.2, 0.25) is 0 Å². The van der Waals surface area contributed by atoms with E-state index in [1.165, 1.54) is 35.0 Å². The van der Waals surface area contributed by atoms with E-state index in [1.807, 2.05) is 18.2 Å². The molecule has 9 rings (SSSR count).